The summed E-state index contributed by atoms with van der Waals surface area (Å²) in [4.78, 5) is 11.8. The maximum atomic E-state index is 11.8. The van der Waals surface area contributed by atoms with E-state index in [1.165, 1.54) is 0 Å². The van der Waals surface area contributed by atoms with Gasteiger partial charge < -0.3 is 8.98 Å². The minimum atomic E-state index is -0.0490. The summed E-state index contributed by atoms with van der Waals surface area (Å²) in [6.45, 7) is 6.15. The molecule has 90 valence electrons. The first-order valence-corrected chi connectivity index (χ1v) is 5.55. The van der Waals surface area contributed by atoms with E-state index in [0.717, 1.165) is 5.56 Å². The molecule has 5 heteroatoms. The van der Waals surface area contributed by atoms with Gasteiger partial charge in [-0.05, 0) is 17.5 Å². The fraction of sp³-hybridized carbons (Fsp3) is 0.417. The third-order valence-corrected chi connectivity index (χ3v) is 2.56. The van der Waals surface area contributed by atoms with Crippen LogP contribution in [-0.2, 0) is 6.54 Å². The third-order valence-electron chi connectivity index (χ3n) is 2.56. The standard InChI is InChI=1S/C12H15N3O2/c1-8(2)10-4-5-15(12(16)6-10)7-11-14-13-9(3)17-11/h4-6,8H,7H2,1-3H3. The van der Waals surface area contributed by atoms with Gasteiger partial charge in [-0.2, -0.15) is 0 Å². The van der Waals surface area contributed by atoms with E-state index in [4.69, 9.17) is 4.42 Å². The van der Waals surface area contributed by atoms with Crippen molar-refractivity contribution in [2.45, 2.75) is 33.2 Å². The van der Waals surface area contributed by atoms with E-state index in [0.29, 0.717) is 24.2 Å². The largest absolute Gasteiger partial charge is 0.424 e. The van der Waals surface area contributed by atoms with Crippen LogP contribution in [0.1, 0.15) is 37.1 Å². The summed E-state index contributed by atoms with van der Waals surface area (Å²) in [5.41, 5.74) is 0.986. The zero-order valence-electron chi connectivity index (χ0n) is 10.2. The molecular formula is C12H15N3O2. The van der Waals surface area contributed by atoms with Crippen LogP contribution in [0.3, 0.4) is 0 Å². The molecule has 2 aromatic rings. The molecule has 0 aromatic carbocycles. The Morgan fingerprint density at radius 2 is 2.18 bits per heavy atom. The second-order valence-electron chi connectivity index (χ2n) is 4.30. The maximum absolute atomic E-state index is 11.8. The molecule has 5 nitrogen and oxygen atoms in total. The number of nitrogens with zero attached hydrogens (tertiary/aromatic N) is 3. The van der Waals surface area contributed by atoms with Crippen LogP contribution in [-0.4, -0.2) is 14.8 Å². The molecular weight excluding hydrogens is 218 g/mol. The zero-order valence-corrected chi connectivity index (χ0v) is 10.2. The van der Waals surface area contributed by atoms with Crippen LogP contribution in [0.15, 0.2) is 27.5 Å². The third kappa shape index (κ3) is 2.61. The van der Waals surface area contributed by atoms with Gasteiger partial charge in [0.1, 0.15) is 6.54 Å². The predicted molar refractivity (Wildman–Crippen MR) is 62.9 cm³/mol. The molecule has 0 spiro atoms. The van der Waals surface area contributed by atoms with Crippen LogP contribution in [0.5, 0.6) is 0 Å². The summed E-state index contributed by atoms with van der Waals surface area (Å²) in [6.07, 6.45) is 1.76. The first kappa shape index (κ1) is 11.6. The van der Waals surface area contributed by atoms with Crippen molar-refractivity contribution < 1.29 is 4.42 Å². The summed E-state index contributed by atoms with van der Waals surface area (Å²) in [7, 11) is 0. The van der Waals surface area contributed by atoms with Gasteiger partial charge in [-0.25, -0.2) is 0 Å². The van der Waals surface area contributed by atoms with E-state index in [9.17, 15) is 4.79 Å². The van der Waals surface area contributed by atoms with E-state index in [1.54, 1.807) is 23.8 Å². The van der Waals surface area contributed by atoms with Crippen molar-refractivity contribution in [2.24, 2.45) is 0 Å². The summed E-state index contributed by atoms with van der Waals surface area (Å²) >= 11 is 0. The zero-order chi connectivity index (χ0) is 12.4. The van der Waals surface area contributed by atoms with E-state index < -0.39 is 0 Å². The minimum absolute atomic E-state index is 0.0490. The highest BCUT2D eigenvalue weighted by molar-refractivity contribution is 5.15. The molecule has 0 unspecified atom stereocenters. The van der Waals surface area contributed by atoms with Crippen LogP contribution in [0.2, 0.25) is 0 Å². The van der Waals surface area contributed by atoms with Crippen LogP contribution in [0.4, 0.5) is 0 Å². The molecule has 0 aliphatic rings. The highest BCUT2D eigenvalue weighted by Gasteiger charge is 2.06. The van der Waals surface area contributed by atoms with Gasteiger partial charge in [0.15, 0.2) is 0 Å². The van der Waals surface area contributed by atoms with Gasteiger partial charge in [0.2, 0.25) is 11.8 Å². The van der Waals surface area contributed by atoms with E-state index >= 15 is 0 Å². The Bertz CT molecular complexity index is 569. The van der Waals surface area contributed by atoms with Gasteiger partial charge in [-0.1, -0.05) is 13.8 Å². The molecule has 2 rings (SSSR count). The first-order valence-electron chi connectivity index (χ1n) is 5.55. The smallest absolute Gasteiger partial charge is 0.251 e. The second kappa shape index (κ2) is 4.53. The van der Waals surface area contributed by atoms with Crippen LogP contribution in [0.25, 0.3) is 0 Å². The Labute approximate surface area is 99.1 Å². The Balaban J connectivity index is 2.25. The molecule has 0 atom stereocenters. The lowest BCUT2D eigenvalue weighted by atomic mass is 10.1. The number of hydrogen-bond donors (Lipinski definition) is 0. The molecule has 0 fully saturated rings. The van der Waals surface area contributed by atoms with Gasteiger partial charge in [-0.3, -0.25) is 4.79 Å². The average molecular weight is 233 g/mol. The molecule has 0 saturated carbocycles. The predicted octanol–water partition coefficient (Wildman–Crippen LogP) is 1.71. The number of hydrogen-bond acceptors (Lipinski definition) is 4. The molecule has 0 aliphatic carbocycles. The summed E-state index contributed by atoms with van der Waals surface area (Å²) in [6, 6.07) is 3.59. The molecule has 0 radical (unpaired) electrons. The number of rotatable bonds is 3. The molecule has 17 heavy (non-hydrogen) atoms. The number of aromatic nitrogens is 3. The summed E-state index contributed by atoms with van der Waals surface area (Å²) in [5.74, 6) is 1.30. The van der Waals surface area contributed by atoms with E-state index in [2.05, 4.69) is 24.0 Å². The summed E-state index contributed by atoms with van der Waals surface area (Å²) in [5, 5.41) is 7.59. The van der Waals surface area contributed by atoms with Crippen LogP contribution in [0, 0.1) is 6.92 Å². The Morgan fingerprint density at radius 1 is 1.41 bits per heavy atom. The van der Waals surface area contributed by atoms with E-state index in [1.807, 2.05) is 6.07 Å². The minimum Gasteiger partial charge on any atom is -0.424 e. The molecule has 0 aliphatic heterocycles. The van der Waals surface area contributed by atoms with Crippen molar-refractivity contribution in [3.63, 3.8) is 0 Å². The van der Waals surface area contributed by atoms with Crippen molar-refractivity contribution in [3.8, 4) is 0 Å². The van der Waals surface area contributed by atoms with Crippen LogP contribution >= 0.6 is 0 Å². The van der Waals surface area contributed by atoms with Gasteiger partial charge >= 0.3 is 0 Å². The Hall–Kier alpha value is -1.91. The lowest BCUT2D eigenvalue weighted by molar-refractivity contribution is 0.451. The molecule has 0 bridgehead atoms. The SMILES string of the molecule is Cc1nnc(Cn2ccc(C(C)C)cc2=O)o1. The van der Waals surface area contributed by atoms with Crippen LogP contribution < -0.4 is 5.56 Å². The molecule has 2 heterocycles. The lowest BCUT2D eigenvalue weighted by Crippen LogP contribution is -2.20. The first-order chi connectivity index (χ1) is 8.06. The maximum Gasteiger partial charge on any atom is 0.251 e. The van der Waals surface area contributed by atoms with Crippen molar-refractivity contribution in [1.29, 1.82) is 0 Å². The van der Waals surface area contributed by atoms with Gasteiger partial charge in [0.25, 0.3) is 5.56 Å². The summed E-state index contributed by atoms with van der Waals surface area (Å²) < 4.78 is 6.79. The highest BCUT2D eigenvalue weighted by Crippen LogP contribution is 2.11. The van der Waals surface area contributed by atoms with Crippen molar-refractivity contribution in [2.75, 3.05) is 0 Å². The fourth-order valence-corrected chi connectivity index (χ4v) is 1.56. The molecule has 0 N–H and O–H groups in total. The normalized spacial score (nSPS) is 11.1. The lowest BCUT2D eigenvalue weighted by Gasteiger charge is -2.07. The van der Waals surface area contributed by atoms with E-state index in [-0.39, 0.29) is 5.56 Å². The molecule has 0 amide bonds. The molecule has 0 saturated heterocycles. The average Bonchev–Trinajstić information content (AvgIpc) is 2.67. The van der Waals surface area contributed by atoms with Gasteiger partial charge in [0.05, 0.1) is 0 Å². The van der Waals surface area contributed by atoms with Gasteiger partial charge in [-0.15, -0.1) is 10.2 Å². The Kier molecular flexibility index (Phi) is 3.08. The van der Waals surface area contributed by atoms with Gasteiger partial charge in [0, 0.05) is 19.2 Å². The molecule has 2 aromatic heterocycles. The monoisotopic (exact) mass is 233 g/mol. The van der Waals surface area contributed by atoms with Crippen molar-refractivity contribution >= 4 is 0 Å². The quantitative estimate of drug-likeness (QED) is 0.809. The van der Waals surface area contributed by atoms with Crippen molar-refractivity contribution in [3.05, 3.63) is 46.0 Å². The fourth-order valence-electron chi connectivity index (χ4n) is 1.56. The second-order valence-corrected chi connectivity index (χ2v) is 4.30. The number of aryl methyl sites for hydroxylation is 1. The highest BCUT2D eigenvalue weighted by atomic mass is 16.4. The van der Waals surface area contributed by atoms with Crippen molar-refractivity contribution in [1.82, 2.24) is 14.8 Å². The Morgan fingerprint density at radius 3 is 2.71 bits per heavy atom. The number of pyridine rings is 1. The topological polar surface area (TPSA) is 60.9 Å².